The molecular weight excluding hydrogens is 330 g/mol. The summed E-state index contributed by atoms with van der Waals surface area (Å²) in [6.45, 7) is 2.06. The van der Waals surface area contributed by atoms with Crippen molar-refractivity contribution in [3.8, 4) is 10.6 Å². The van der Waals surface area contributed by atoms with Crippen molar-refractivity contribution in [3.63, 3.8) is 0 Å². The maximum absolute atomic E-state index is 12.8. The van der Waals surface area contributed by atoms with E-state index in [1.54, 1.807) is 23.3 Å². The fourth-order valence-corrected chi connectivity index (χ4v) is 3.64. The Kier molecular flexibility index (Phi) is 3.86. The first-order valence-electron chi connectivity index (χ1n) is 8.01. The van der Waals surface area contributed by atoms with Crippen molar-refractivity contribution < 1.29 is 4.79 Å². The molecule has 0 atom stereocenters. The number of aromatic nitrogens is 2. The van der Waals surface area contributed by atoms with Crippen molar-refractivity contribution in [1.29, 1.82) is 0 Å². The predicted octanol–water partition coefficient (Wildman–Crippen LogP) is 4.88. The molecule has 0 fully saturated rings. The second-order valence-electron chi connectivity index (χ2n) is 5.97. The largest absolute Gasteiger partial charge is 0.310 e. The molecule has 4 rings (SSSR count). The van der Waals surface area contributed by atoms with Gasteiger partial charge in [-0.1, -0.05) is 30.3 Å². The van der Waals surface area contributed by atoms with Crippen LogP contribution in [0.15, 0.2) is 60.7 Å². The Morgan fingerprint density at radius 3 is 2.60 bits per heavy atom. The molecule has 0 aliphatic rings. The van der Waals surface area contributed by atoms with E-state index < -0.39 is 0 Å². The molecular formula is C20H17N3OS. The number of aromatic amines is 1. The summed E-state index contributed by atoms with van der Waals surface area (Å²) in [6.07, 6.45) is 0. The van der Waals surface area contributed by atoms with E-state index in [9.17, 15) is 4.79 Å². The van der Waals surface area contributed by atoms with Crippen molar-refractivity contribution >= 4 is 33.7 Å². The highest BCUT2D eigenvalue weighted by Crippen LogP contribution is 2.27. The lowest BCUT2D eigenvalue weighted by molar-refractivity contribution is 0.0988. The third-order valence-corrected chi connectivity index (χ3v) is 5.26. The molecule has 4 nitrogen and oxygen atoms in total. The summed E-state index contributed by atoms with van der Waals surface area (Å²) in [5.41, 5.74) is 2.13. The van der Waals surface area contributed by atoms with E-state index >= 15 is 0 Å². The number of fused-ring (bicyclic) bond motifs is 1. The standard InChI is InChI=1S/C20H17N3OS/c1-13-7-10-19(25-13)17-12-18(22-21-17)20(24)23(2)16-9-8-14-5-3-4-6-15(14)11-16/h3-12H,1-2H3,(H,21,22). The summed E-state index contributed by atoms with van der Waals surface area (Å²) in [6, 6.07) is 20.0. The van der Waals surface area contributed by atoms with Crippen LogP contribution in [0.25, 0.3) is 21.3 Å². The van der Waals surface area contributed by atoms with Crippen molar-refractivity contribution in [2.24, 2.45) is 0 Å². The number of H-pyrrole nitrogens is 1. The van der Waals surface area contributed by atoms with Crippen molar-refractivity contribution in [2.45, 2.75) is 6.92 Å². The van der Waals surface area contributed by atoms with Crippen LogP contribution in [-0.2, 0) is 0 Å². The van der Waals surface area contributed by atoms with E-state index in [4.69, 9.17) is 0 Å². The average molecular weight is 347 g/mol. The third-order valence-electron chi connectivity index (χ3n) is 4.23. The van der Waals surface area contributed by atoms with Gasteiger partial charge in [0.15, 0.2) is 5.69 Å². The molecule has 5 heteroatoms. The molecule has 124 valence electrons. The molecule has 0 saturated carbocycles. The number of hydrogen-bond acceptors (Lipinski definition) is 3. The number of nitrogens with zero attached hydrogens (tertiary/aromatic N) is 2. The van der Waals surface area contributed by atoms with Gasteiger partial charge in [-0.3, -0.25) is 9.89 Å². The number of rotatable bonds is 3. The van der Waals surface area contributed by atoms with Gasteiger partial charge in [-0.05, 0) is 48.0 Å². The number of anilines is 1. The van der Waals surface area contributed by atoms with Crippen LogP contribution >= 0.6 is 11.3 Å². The van der Waals surface area contributed by atoms with E-state index in [2.05, 4.69) is 29.3 Å². The first-order chi connectivity index (χ1) is 12.1. The Bertz CT molecular complexity index is 1060. The van der Waals surface area contributed by atoms with Gasteiger partial charge in [0.05, 0.1) is 10.6 Å². The maximum atomic E-state index is 12.8. The van der Waals surface area contributed by atoms with E-state index in [0.29, 0.717) is 5.69 Å². The lowest BCUT2D eigenvalue weighted by Gasteiger charge is -2.16. The summed E-state index contributed by atoms with van der Waals surface area (Å²) in [5.74, 6) is -0.133. The number of amides is 1. The zero-order valence-electron chi connectivity index (χ0n) is 14.0. The van der Waals surface area contributed by atoms with Gasteiger partial charge in [-0.2, -0.15) is 5.10 Å². The molecule has 0 spiro atoms. The summed E-state index contributed by atoms with van der Waals surface area (Å²) in [7, 11) is 1.77. The van der Waals surface area contributed by atoms with Gasteiger partial charge >= 0.3 is 0 Å². The first-order valence-corrected chi connectivity index (χ1v) is 8.82. The van der Waals surface area contributed by atoms with Crippen LogP contribution in [0.3, 0.4) is 0 Å². The van der Waals surface area contributed by atoms with Crippen LogP contribution in [0.2, 0.25) is 0 Å². The molecule has 2 aromatic carbocycles. The van der Waals surface area contributed by atoms with E-state index in [1.165, 1.54) is 4.88 Å². The van der Waals surface area contributed by atoms with Gasteiger partial charge in [0.25, 0.3) is 5.91 Å². The number of thiophene rings is 1. The summed E-state index contributed by atoms with van der Waals surface area (Å²) in [5, 5.41) is 9.43. The smallest absolute Gasteiger partial charge is 0.278 e. The topological polar surface area (TPSA) is 49.0 Å². The molecule has 0 saturated heterocycles. The Labute approximate surface area is 149 Å². The normalized spacial score (nSPS) is 11.0. The van der Waals surface area contributed by atoms with Crippen LogP contribution in [-0.4, -0.2) is 23.2 Å². The number of aryl methyl sites for hydroxylation is 1. The van der Waals surface area contributed by atoms with Gasteiger partial charge in [0.1, 0.15) is 0 Å². The summed E-state index contributed by atoms with van der Waals surface area (Å²) >= 11 is 1.68. The lowest BCUT2D eigenvalue weighted by atomic mass is 10.1. The van der Waals surface area contributed by atoms with Crippen LogP contribution in [0.4, 0.5) is 5.69 Å². The van der Waals surface area contributed by atoms with Gasteiger partial charge in [0.2, 0.25) is 0 Å². The molecule has 1 amide bonds. The minimum atomic E-state index is -0.133. The molecule has 0 aliphatic heterocycles. The van der Waals surface area contributed by atoms with Crippen molar-refractivity contribution in [2.75, 3.05) is 11.9 Å². The molecule has 1 N–H and O–H groups in total. The van der Waals surface area contributed by atoms with E-state index in [0.717, 1.165) is 27.0 Å². The Hall–Kier alpha value is -2.92. The minimum Gasteiger partial charge on any atom is -0.310 e. The minimum absolute atomic E-state index is 0.133. The number of carbonyl (C=O) groups excluding carboxylic acids is 1. The Morgan fingerprint density at radius 2 is 1.84 bits per heavy atom. The number of nitrogens with one attached hydrogen (secondary N) is 1. The molecule has 0 unspecified atom stereocenters. The monoisotopic (exact) mass is 347 g/mol. The lowest BCUT2D eigenvalue weighted by Crippen LogP contribution is -2.26. The molecule has 2 aromatic heterocycles. The quantitative estimate of drug-likeness (QED) is 0.574. The zero-order chi connectivity index (χ0) is 17.4. The number of benzene rings is 2. The number of carbonyl (C=O) groups is 1. The first kappa shape index (κ1) is 15.6. The second kappa shape index (κ2) is 6.18. The highest BCUT2D eigenvalue weighted by molar-refractivity contribution is 7.15. The van der Waals surface area contributed by atoms with Gasteiger partial charge in [0, 0.05) is 17.6 Å². The van der Waals surface area contributed by atoms with Crippen LogP contribution in [0.5, 0.6) is 0 Å². The Morgan fingerprint density at radius 1 is 1.04 bits per heavy atom. The fraction of sp³-hybridized carbons (Fsp3) is 0.100. The fourth-order valence-electron chi connectivity index (χ4n) is 2.81. The van der Waals surface area contributed by atoms with Crippen molar-refractivity contribution in [3.05, 3.63) is 71.2 Å². The summed E-state index contributed by atoms with van der Waals surface area (Å²) < 4.78 is 0. The molecule has 0 bridgehead atoms. The molecule has 25 heavy (non-hydrogen) atoms. The molecule has 2 heterocycles. The van der Waals surface area contributed by atoms with Crippen LogP contribution in [0.1, 0.15) is 15.4 Å². The van der Waals surface area contributed by atoms with Crippen LogP contribution in [0, 0.1) is 6.92 Å². The molecule has 0 radical (unpaired) electrons. The second-order valence-corrected chi connectivity index (χ2v) is 7.26. The maximum Gasteiger partial charge on any atom is 0.278 e. The third kappa shape index (κ3) is 2.94. The van der Waals surface area contributed by atoms with E-state index in [-0.39, 0.29) is 5.91 Å². The Balaban J connectivity index is 1.62. The molecule has 4 aromatic rings. The van der Waals surface area contributed by atoms with Crippen molar-refractivity contribution in [1.82, 2.24) is 10.2 Å². The zero-order valence-corrected chi connectivity index (χ0v) is 14.8. The highest BCUT2D eigenvalue weighted by atomic mass is 32.1. The van der Waals surface area contributed by atoms with Gasteiger partial charge < -0.3 is 4.90 Å². The summed E-state index contributed by atoms with van der Waals surface area (Å²) in [4.78, 5) is 16.7. The average Bonchev–Trinajstić information content (AvgIpc) is 3.29. The SMILES string of the molecule is Cc1ccc(-c2cc(C(=O)N(C)c3ccc4ccccc4c3)n[nH]2)s1. The highest BCUT2D eigenvalue weighted by Gasteiger charge is 2.18. The predicted molar refractivity (Wildman–Crippen MR) is 103 cm³/mol. The van der Waals surface area contributed by atoms with E-state index in [1.807, 2.05) is 48.5 Å². The van der Waals surface area contributed by atoms with Gasteiger partial charge in [-0.25, -0.2) is 0 Å². The van der Waals surface area contributed by atoms with Crippen LogP contribution < -0.4 is 4.90 Å². The van der Waals surface area contributed by atoms with Gasteiger partial charge in [-0.15, -0.1) is 11.3 Å². The number of hydrogen-bond donors (Lipinski definition) is 1. The molecule has 0 aliphatic carbocycles.